The average molecular weight is 370 g/mol. The molecule has 0 aromatic carbocycles. The van der Waals surface area contributed by atoms with Crippen LogP contribution in [0.3, 0.4) is 0 Å². The van der Waals surface area contributed by atoms with Crippen LogP contribution in [0.1, 0.15) is 49.8 Å². The number of anilines is 2. The van der Waals surface area contributed by atoms with Gasteiger partial charge >= 0.3 is 0 Å². The standard InChI is InChI=1S/C20H27N5S/c1-14-15(2)22-10-5-16(14)26-19-18(21)24-17(13-23-19)25-11-8-20(9-12-25)6-3-4-7-20/h5,10,13H,3-4,6-9,11-12H2,1-2H3,(H2,21,24). The zero-order valence-electron chi connectivity index (χ0n) is 15.7. The second-order valence-electron chi connectivity index (χ2n) is 7.73. The number of hydrogen-bond donors (Lipinski definition) is 1. The number of hydrogen-bond acceptors (Lipinski definition) is 6. The summed E-state index contributed by atoms with van der Waals surface area (Å²) in [6, 6.07) is 2.01. The van der Waals surface area contributed by atoms with Crippen molar-refractivity contribution >= 4 is 23.4 Å². The molecule has 1 saturated carbocycles. The fraction of sp³-hybridized carbons (Fsp3) is 0.550. The minimum atomic E-state index is 0.516. The summed E-state index contributed by atoms with van der Waals surface area (Å²) < 4.78 is 0. The quantitative estimate of drug-likeness (QED) is 0.866. The summed E-state index contributed by atoms with van der Waals surface area (Å²) in [5.41, 5.74) is 9.06. The van der Waals surface area contributed by atoms with Crippen molar-refractivity contribution in [2.24, 2.45) is 5.41 Å². The molecule has 1 saturated heterocycles. The number of aryl methyl sites for hydroxylation is 1. The zero-order chi connectivity index (χ0) is 18.1. The first kappa shape index (κ1) is 17.6. The lowest BCUT2D eigenvalue weighted by atomic mass is 9.77. The summed E-state index contributed by atoms with van der Waals surface area (Å²) in [7, 11) is 0. The third kappa shape index (κ3) is 3.39. The van der Waals surface area contributed by atoms with Gasteiger partial charge in [-0.25, -0.2) is 9.97 Å². The summed E-state index contributed by atoms with van der Waals surface area (Å²) in [6.45, 7) is 6.24. The van der Waals surface area contributed by atoms with Crippen LogP contribution in [0.4, 0.5) is 11.6 Å². The third-order valence-corrected chi connectivity index (χ3v) is 7.35. The molecule has 5 nitrogen and oxygen atoms in total. The van der Waals surface area contributed by atoms with Gasteiger partial charge in [-0.1, -0.05) is 24.6 Å². The first-order chi connectivity index (χ1) is 12.6. The Morgan fingerprint density at radius 1 is 1.08 bits per heavy atom. The molecular formula is C20H27N5S. The molecule has 0 unspecified atom stereocenters. The number of nitrogens with two attached hydrogens (primary N) is 1. The van der Waals surface area contributed by atoms with Crippen molar-refractivity contribution in [1.29, 1.82) is 0 Å². The SMILES string of the molecule is Cc1nccc(Sc2ncc(N3CCC4(CCCC4)CC3)nc2N)c1C. The van der Waals surface area contributed by atoms with Crippen LogP contribution in [0, 0.1) is 19.3 Å². The van der Waals surface area contributed by atoms with Gasteiger partial charge in [-0.3, -0.25) is 4.98 Å². The molecule has 4 rings (SSSR count). The molecule has 0 radical (unpaired) electrons. The third-order valence-electron chi connectivity index (χ3n) is 6.18. The van der Waals surface area contributed by atoms with Crippen LogP contribution in [0.25, 0.3) is 0 Å². The van der Waals surface area contributed by atoms with Crippen molar-refractivity contribution in [3.8, 4) is 0 Å². The van der Waals surface area contributed by atoms with Crippen molar-refractivity contribution in [1.82, 2.24) is 15.0 Å². The van der Waals surface area contributed by atoms with Crippen LogP contribution in [0.15, 0.2) is 28.4 Å². The highest BCUT2D eigenvalue weighted by atomic mass is 32.2. The number of pyridine rings is 1. The van der Waals surface area contributed by atoms with E-state index in [1.807, 2.05) is 25.4 Å². The smallest absolute Gasteiger partial charge is 0.158 e. The molecule has 3 heterocycles. The molecule has 0 atom stereocenters. The van der Waals surface area contributed by atoms with Crippen molar-refractivity contribution in [2.45, 2.75) is 62.3 Å². The van der Waals surface area contributed by atoms with E-state index in [-0.39, 0.29) is 0 Å². The summed E-state index contributed by atoms with van der Waals surface area (Å²) in [5.74, 6) is 1.44. The number of piperidine rings is 1. The monoisotopic (exact) mass is 369 g/mol. The number of nitrogens with zero attached hydrogens (tertiary/aromatic N) is 4. The van der Waals surface area contributed by atoms with Crippen LogP contribution in [-0.2, 0) is 0 Å². The van der Waals surface area contributed by atoms with E-state index in [2.05, 4.69) is 26.8 Å². The Bertz CT molecular complexity index is 791. The van der Waals surface area contributed by atoms with Gasteiger partial charge in [0.1, 0.15) is 10.8 Å². The molecule has 26 heavy (non-hydrogen) atoms. The Hall–Kier alpha value is -1.82. The van der Waals surface area contributed by atoms with Crippen LogP contribution in [0.2, 0.25) is 0 Å². The maximum atomic E-state index is 6.24. The molecule has 2 aliphatic rings. The van der Waals surface area contributed by atoms with E-state index in [1.54, 1.807) is 11.8 Å². The number of rotatable bonds is 3. The highest BCUT2D eigenvalue weighted by Gasteiger charge is 2.37. The van der Waals surface area contributed by atoms with E-state index < -0.39 is 0 Å². The van der Waals surface area contributed by atoms with Gasteiger partial charge < -0.3 is 10.6 Å². The Morgan fingerprint density at radius 2 is 1.81 bits per heavy atom. The number of aromatic nitrogens is 3. The van der Waals surface area contributed by atoms with E-state index >= 15 is 0 Å². The number of nitrogen functional groups attached to an aromatic ring is 1. The summed E-state index contributed by atoms with van der Waals surface area (Å²) >= 11 is 1.57. The van der Waals surface area contributed by atoms with Crippen molar-refractivity contribution in [3.05, 3.63) is 29.7 Å². The lowest BCUT2D eigenvalue weighted by Crippen LogP contribution is -2.39. The topological polar surface area (TPSA) is 67.9 Å². The predicted octanol–water partition coefficient (Wildman–Crippen LogP) is 4.38. The first-order valence-electron chi connectivity index (χ1n) is 9.54. The fourth-order valence-corrected chi connectivity index (χ4v) is 5.17. The molecule has 2 aromatic heterocycles. The van der Waals surface area contributed by atoms with Crippen LogP contribution < -0.4 is 10.6 Å². The van der Waals surface area contributed by atoms with Crippen LogP contribution in [0.5, 0.6) is 0 Å². The van der Waals surface area contributed by atoms with Crippen LogP contribution >= 0.6 is 11.8 Å². The molecule has 138 valence electrons. The predicted molar refractivity (Wildman–Crippen MR) is 107 cm³/mol. The maximum Gasteiger partial charge on any atom is 0.158 e. The van der Waals surface area contributed by atoms with Crippen LogP contribution in [-0.4, -0.2) is 28.0 Å². The van der Waals surface area contributed by atoms with Crippen molar-refractivity contribution in [2.75, 3.05) is 23.7 Å². The highest BCUT2D eigenvalue weighted by Crippen LogP contribution is 2.46. The molecule has 1 aliphatic heterocycles. The van der Waals surface area contributed by atoms with Crippen molar-refractivity contribution < 1.29 is 0 Å². The van der Waals surface area contributed by atoms with Gasteiger partial charge in [0.25, 0.3) is 0 Å². The summed E-state index contributed by atoms with van der Waals surface area (Å²) in [5, 5.41) is 0.770. The van der Waals surface area contributed by atoms with E-state index in [0.29, 0.717) is 11.2 Å². The maximum absolute atomic E-state index is 6.24. The molecule has 2 N–H and O–H groups in total. The molecule has 0 amide bonds. The van der Waals surface area contributed by atoms with E-state index in [1.165, 1.54) is 44.1 Å². The van der Waals surface area contributed by atoms with E-state index in [4.69, 9.17) is 5.73 Å². The largest absolute Gasteiger partial charge is 0.381 e. The van der Waals surface area contributed by atoms with Gasteiger partial charge in [0.15, 0.2) is 5.82 Å². The van der Waals surface area contributed by atoms with Gasteiger partial charge in [-0.15, -0.1) is 0 Å². The van der Waals surface area contributed by atoms with Gasteiger partial charge in [0.05, 0.1) is 6.20 Å². The minimum absolute atomic E-state index is 0.516. The Kier molecular flexibility index (Phi) is 4.78. The molecule has 2 aromatic rings. The molecule has 2 fully saturated rings. The molecule has 1 aliphatic carbocycles. The van der Waals surface area contributed by atoms with Gasteiger partial charge in [-0.05, 0) is 56.6 Å². The van der Waals surface area contributed by atoms with E-state index in [0.717, 1.165) is 34.5 Å². The molecular weight excluding hydrogens is 342 g/mol. The molecule has 0 bridgehead atoms. The van der Waals surface area contributed by atoms with Gasteiger partial charge in [-0.2, -0.15) is 0 Å². The summed E-state index contributed by atoms with van der Waals surface area (Å²) in [6.07, 6.45) is 11.9. The zero-order valence-corrected chi connectivity index (χ0v) is 16.5. The minimum Gasteiger partial charge on any atom is -0.381 e. The lowest BCUT2D eigenvalue weighted by molar-refractivity contribution is 0.226. The Labute approximate surface area is 159 Å². The Balaban J connectivity index is 1.47. The molecule has 6 heteroatoms. The second kappa shape index (κ2) is 7.06. The van der Waals surface area contributed by atoms with Gasteiger partial charge in [0.2, 0.25) is 0 Å². The lowest BCUT2D eigenvalue weighted by Gasteiger charge is -2.39. The Morgan fingerprint density at radius 3 is 2.50 bits per heavy atom. The average Bonchev–Trinajstić information content (AvgIpc) is 3.09. The second-order valence-corrected chi connectivity index (χ2v) is 8.76. The van der Waals surface area contributed by atoms with E-state index in [9.17, 15) is 0 Å². The van der Waals surface area contributed by atoms with Crippen molar-refractivity contribution in [3.63, 3.8) is 0 Å². The normalized spacial score (nSPS) is 19.2. The highest BCUT2D eigenvalue weighted by molar-refractivity contribution is 7.99. The van der Waals surface area contributed by atoms with Gasteiger partial charge in [0, 0.05) is 29.9 Å². The molecule has 1 spiro atoms. The fourth-order valence-electron chi connectivity index (χ4n) is 4.28. The summed E-state index contributed by atoms with van der Waals surface area (Å²) in [4.78, 5) is 17.1. The first-order valence-corrected chi connectivity index (χ1v) is 10.4.